The van der Waals surface area contributed by atoms with Crippen molar-refractivity contribution in [1.82, 2.24) is 4.90 Å². The van der Waals surface area contributed by atoms with Crippen LogP contribution >= 0.6 is 11.6 Å². The fourth-order valence-corrected chi connectivity index (χ4v) is 2.96. The average Bonchev–Trinajstić information content (AvgIpc) is 2.86. The second-order valence-corrected chi connectivity index (χ2v) is 5.65. The van der Waals surface area contributed by atoms with Crippen LogP contribution in [0.1, 0.15) is 21.5 Å². The maximum atomic E-state index is 13.2. The molecular weight excluding hydrogens is 321 g/mol. The molecule has 120 valence electrons. The van der Waals surface area contributed by atoms with E-state index in [0.29, 0.717) is 30.2 Å². The Morgan fingerprint density at radius 1 is 1.22 bits per heavy atom. The molecule has 0 N–H and O–H groups in total. The molecular formula is C17H15ClFNO3. The standard InChI is InChI=1S/C17H15ClFNO3/c1-22-14-6-4-11-9-20(17(21)15(11)16(14)23-2)8-10-3-5-13(19)12(18)7-10/h3-7H,8-9H2,1-2H3. The monoisotopic (exact) mass is 335 g/mol. The van der Waals surface area contributed by atoms with E-state index in [1.807, 2.05) is 6.07 Å². The maximum absolute atomic E-state index is 13.2. The minimum Gasteiger partial charge on any atom is -0.493 e. The Labute approximate surface area is 138 Å². The van der Waals surface area contributed by atoms with Gasteiger partial charge >= 0.3 is 0 Å². The summed E-state index contributed by atoms with van der Waals surface area (Å²) in [7, 11) is 3.04. The summed E-state index contributed by atoms with van der Waals surface area (Å²) in [6.07, 6.45) is 0. The molecule has 1 aliphatic rings. The normalized spacial score (nSPS) is 13.2. The van der Waals surface area contributed by atoms with Crippen LogP contribution < -0.4 is 9.47 Å². The largest absolute Gasteiger partial charge is 0.493 e. The van der Waals surface area contributed by atoms with Crippen LogP contribution in [0.5, 0.6) is 11.5 Å². The first kappa shape index (κ1) is 15.6. The topological polar surface area (TPSA) is 38.8 Å². The number of amides is 1. The lowest BCUT2D eigenvalue weighted by Crippen LogP contribution is -2.23. The van der Waals surface area contributed by atoms with E-state index in [-0.39, 0.29) is 10.9 Å². The van der Waals surface area contributed by atoms with Crippen molar-refractivity contribution in [2.24, 2.45) is 0 Å². The van der Waals surface area contributed by atoms with Crippen molar-refractivity contribution in [2.45, 2.75) is 13.1 Å². The van der Waals surface area contributed by atoms with E-state index in [1.54, 1.807) is 17.0 Å². The predicted molar refractivity (Wildman–Crippen MR) is 84.5 cm³/mol. The first-order valence-electron chi connectivity index (χ1n) is 7.02. The molecule has 0 aromatic heterocycles. The van der Waals surface area contributed by atoms with Gasteiger partial charge < -0.3 is 14.4 Å². The van der Waals surface area contributed by atoms with Gasteiger partial charge in [-0.05, 0) is 29.3 Å². The molecule has 1 amide bonds. The first-order valence-corrected chi connectivity index (χ1v) is 7.40. The summed E-state index contributed by atoms with van der Waals surface area (Å²) in [4.78, 5) is 14.3. The van der Waals surface area contributed by atoms with Gasteiger partial charge in [-0.3, -0.25) is 4.79 Å². The molecule has 0 spiro atoms. The van der Waals surface area contributed by atoms with Gasteiger partial charge in [0.05, 0.1) is 24.8 Å². The zero-order chi connectivity index (χ0) is 16.6. The van der Waals surface area contributed by atoms with E-state index in [9.17, 15) is 9.18 Å². The summed E-state index contributed by atoms with van der Waals surface area (Å²) in [6.45, 7) is 0.808. The number of halogens is 2. The number of methoxy groups -OCH3 is 2. The van der Waals surface area contributed by atoms with Crippen molar-refractivity contribution in [1.29, 1.82) is 0 Å². The Morgan fingerprint density at radius 3 is 2.65 bits per heavy atom. The Hall–Kier alpha value is -2.27. The minimum absolute atomic E-state index is 0.0471. The molecule has 0 saturated heterocycles. The van der Waals surface area contributed by atoms with Gasteiger partial charge in [-0.2, -0.15) is 0 Å². The van der Waals surface area contributed by atoms with Crippen molar-refractivity contribution in [3.8, 4) is 11.5 Å². The number of rotatable bonds is 4. The number of fused-ring (bicyclic) bond motifs is 1. The number of nitrogens with zero attached hydrogens (tertiary/aromatic N) is 1. The lowest BCUT2D eigenvalue weighted by Gasteiger charge is -2.16. The maximum Gasteiger partial charge on any atom is 0.258 e. The van der Waals surface area contributed by atoms with Crippen LogP contribution in [0.2, 0.25) is 5.02 Å². The van der Waals surface area contributed by atoms with Crippen LogP contribution in [0, 0.1) is 5.82 Å². The van der Waals surface area contributed by atoms with Crippen LogP contribution in [-0.2, 0) is 13.1 Å². The summed E-state index contributed by atoms with van der Waals surface area (Å²) in [6, 6.07) is 8.09. The fraction of sp³-hybridized carbons (Fsp3) is 0.235. The summed E-state index contributed by atoms with van der Waals surface area (Å²) < 4.78 is 23.8. The molecule has 0 unspecified atom stereocenters. The molecule has 1 aliphatic heterocycles. The molecule has 3 rings (SSSR count). The predicted octanol–water partition coefficient (Wildman–Crippen LogP) is 3.65. The third kappa shape index (κ3) is 2.72. The molecule has 0 radical (unpaired) electrons. The molecule has 23 heavy (non-hydrogen) atoms. The molecule has 0 saturated carbocycles. The number of benzene rings is 2. The van der Waals surface area contributed by atoms with E-state index in [2.05, 4.69) is 0 Å². The fourth-order valence-electron chi connectivity index (χ4n) is 2.76. The SMILES string of the molecule is COc1ccc2c(c1OC)C(=O)N(Cc1ccc(F)c(Cl)c1)C2. The zero-order valence-electron chi connectivity index (χ0n) is 12.7. The van der Waals surface area contributed by atoms with Gasteiger partial charge in [-0.25, -0.2) is 4.39 Å². The summed E-state index contributed by atoms with van der Waals surface area (Å²) in [5.74, 6) is 0.343. The van der Waals surface area contributed by atoms with Gasteiger partial charge in [0.1, 0.15) is 5.82 Å². The van der Waals surface area contributed by atoms with Crippen molar-refractivity contribution in [2.75, 3.05) is 14.2 Å². The van der Waals surface area contributed by atoms with Crippen molar-refractivity contribution in [3.63, 3.8) is 0 Å². The van der Waals surface area contributed by atoms with Crippen LogP contribution in [-0.4, -0.2) is 25.0 Å². The molecule has 2 aromatic rings. The Balaban J connectivity index is 1.90. The van der Waals surface area contributed by atoms with Gasteiger partial charge in [0.15, 0.2) is 11.5 Å². The van der Waals surface area contributed by atoms with E-state index in [0.717, 1.165) is 11.1 Å². The quantitative estimate of drug-likeness (QED) is 0.856. The van der Waals surface area contributed by atoms with Crippen LogP contribution in [0.25, 0.3) is 0 Å². The Morgan fingerprint density at radius 2 is 2.00 bits per heavy atom. The van der Waals surface area contributed by atoms with E-state index in [1.165, 1.54) is 26.4 Å². The summed E-state index contributed by atoms with van der Waals surface area (Å²) in [5.41, 5.74) is 2.16. The molecule has 6 heteroatoms. The summed E-state index contributed by atoms with van der Waals surface area (Å²) in [5, 5.41) is 0.0471. The van der Waals surface area contributed by atoms with Gasteiger partial charge in [0.25, 0.3) is 5.91 Å². The van der Waals surface area contributed by atoms with E-state index < -0.39 is 5.82 Å². The smallest absolute Gasteiger partial charge is 0.258 e. The van der Waals surface area contributed by atoms with E-state index >= 15 is 0 Å². The zero-order valence-corrected chi connectivity index (χ0v) is 13.5. The minimum atomic E-state index is -0.474. The molecule has 0 bridgehead atoms. The molecule has 1 heterocycles. The summed E-state index contributed by atoms with van der Waals surface area (Å²) >= 11 is 5.80. The lowest BCUT2D eigenvalue weighted by atomic mass is 10.1. The Kier molecular flexibility index (Phi) is 4.13. The van der Waals surface area contributed by atoms with Gasteiger partial charge in [-0.15, -0.1) is 0 Å². The highest BCUT2D eigenvalue weighted by Gasteiger charge is 2.32. The second kappa shape index (κ2) is 6.08. The van der Waals surface area contributed by atoms with E-state index in [4.69, 9.17) is 21.1 Å². The second-order valence-electron chi connectivity index (χ2n) is 5.24. The Bertz CT molecular complexity index is 779. The molecule has 4 nitrogen and oxygen atoms in total. The molecule has 0 fully saturated rings. The van der Waals surface area contributed by atoms with Crippen molar-refractivity contribution in [3.05, 3.63) is 57.9 Å². The molecule has 0 aliphatic carbocycles. The van der Waals surface area contributed by atoms with Crippen molar-refractivity contribution < 1.29 is 18.7 Å². The third-order valence-corrected chi connectivity index (χ3v) is 4.14. The highest BCUT2D eigenvalue weighted by atomic mass is 35.5. The number of carbonyl (C=O) groups excluding carboxylic acids is 1. The van der Waals surface area contributed by atoms with Gasteiger partial charge in [0, 0.05) is 13.1 Å². The molecule has 0 atom stereocenters. The van der Waals surface area contributed by atoms with Gasteiger partial charge in [0.2, 0.25) is 0 Å². The number of hydrogen-bond donors (Lipinski definition) is 0. The average molecular weight is 336 g/mol. The first-order chi connectivity index (χ1) is 11.0. The number of carbonyl (C=O) groups is 1. The highest BCUT2D eigenvalue weighted by molar-refractivity contribution is 6.30. The van der Waals surface area contributed by atoms with Crippen LogP contribution in [0.4, 0.5) is 4.39 Å². The highest BCUT2D eigenvalue weighted by Crippen LogP contribution is 2.38. The van der Waals surface area contributed by atoms with Crippen LogP contribution in [0.15, 0.2) is 30.3 Å². The number of ether oxygens (including phenoxy) is 2. The van der Waals surface area contributed by atoms with Crippen molar-refractivity contribution >= 4 is 17.5 Å². The van der Waals surface area contributed by atoms with Crippen LogP contribution in [0.3, 0.4) is 0 Å². The third-order valence-electron chi connectivity index (χ3n) is 3.85. The lowest BCUT2D eigenvalue weighted by molar-refractivity contribution is 0.0764. The number of hydrogen-bond acceptors (Lipinski definition) is 3. The van der Waals surface area contributed by atoms with Gasteiger partial charge in [-0.1, -0.05) is 23.7 Å². The molecule has 2 aromatic carbocycles.